The van der Waals surface area contributed by atoms with Crippen molar-refractivity contribution in [1.29, 1.82) is 0 Å². The van der Waals surface area contributed by atoms with Crippen molar-refractivity contribution in [3.63, 3.8) is 0 Å². The first kappa shape index (κ1) is 13.6. The second-order valence-electron chi connectivity index (χ2n) is 4.36. The molecule has 1 aliphatic heterocycles. The van der Waals surface area contributed by atoms with Gasteiger partial charge in [0, 0.05) is 35.4 Å². The Morgan fingerprint density at radius 1 is 1.44 bits per heavy atom. The van der Waals surface area contributed by atoms with E-state index in [1.807, 2.05) is 11.8 Å². The van der Waals surface area contributed by atoms with Crippen LogP contribution < -0.4 is 5.32 Å². The zero-order valence-corrected chi connectivity index (χ0v) is 11.0. The molecular formula is C11H22N2O2S. The molecule has 0 aromatic carbocycles. The summed E-state index contributed by atoms with van der Waals surface area (Å²) in [6.45, 7) is 4.98. The Morgan fingerprint density at radius 3 is 2.62 bits per heavy atom. The molecule has 4 nitrogen and oxygen atoms in total. The van der Waals surface area contributed by atoms with Crippen molar-refractivity contribution in [1.82, 2.24) is 10.2 Å². The van der Waals surface area contributed by atoms with E-state index >= 15 is 0 Å². The Balaban J connectivity index is 2.06. The summed E-state index contributed by atoms with van der Waals surface area (Å²) in [7, 11) is -0.762. The second kappa shape index (κ2) is 7.01. The molecule has 1 aliphatic rings. The van der Waals surface area contributed by atoms with Crippen LogP contribution in [0.3, 0.4) is 0 Å². The topological polar surface area (TPSA) is 49.4 Å². The predicted molar refractivity (Wildman–Crippen MR) is 66.8 cm³/mol. The minimum atomic E-state index is -0.762. The average Bonchev–Trinajstić information content (AvgIpc) is 2.76. The molecule has 0 spiro atoms. The van der Waals surface area contributed by atoms with E-state index < -0.39 is 10.8 Å². The molecule has 0 aromatic rings. The highest BCUT2D eigenvalue weighted by molar-refractivity contribution is 7.84. The van der Waals surface area contributed by atoms with Crippen molar-refractivity contribution in [2.24, 2.45) is 0 Å². The van der Waals surface area contributed by atoms with Crippen LogP contribution in [0.15, 0.2) is 0 Å². The molecule has 1 rings (SSSR count). The third-order valence-corrected chi connectivity index (χ3v) is 4.40. The van der Waals surface area contributed by atoms with Crippen LogP contribution in [0, 0.1) is 0 Å². The van der Waals surface area contributed by atoms with Crippen molar-refractivity contribution in [3.8, 4) is 0 Å². The van der Waals surface area contributed by atoms with E-state index in [0.717, 1.165) is 38.9 Å². The predicted octanol–water partition coefficient (Wildman–Crippen LogP) is 0.356. The standard InChI is InChI=1S/C11H22N2O2S/c1-10(16(2)15)5-6-12-9-11(14)13-7-3-4-8-13/h10,12H,3-9H2,1-2H3. The van der Waals surface area contributed by atoms with Crippen molar-refractivity contribution >= 4 is 16.7 Å². The highest BCUT2D eigenvalue weighted by Gasteiger charge is 2.17. The van der Waals surface area contributed by atoms with E-state index in [0.29, 0.717) is 6.54 Å². The van der Waals surface area contributed by atoms with E-state index in [1.54, 1.807) is 6.26 Å². The van der Waals surface area contributed by atoms with E-state index in [1.165, 1.54) is 0 Å². The summed E-state index contributed by atoms with van der Waals surface area (Å²) < 4.78 is 11.1. The van der Waals surface area contributed by atoms with Gasteiger partial charge in [0.25, 0.3) is 0 Å². The number of nitrogens with zero attached hydrogens (tertiary/aromatic N) is 1. The summed E-state index contributed by atoms with van der Waals surface area (Å²) in [6.07, 6.45) is 4.85. The number of rotatable bonds is 6. The maximum Gasteiger partial charge on any atom is 0.236 e. The lowest BCUT2D eigenvalue weighted by Gasteiger charge is -2.16. The first-order valence-electron chi connectivity index (χ1n) is 5.92. The van der Waals surface area contributed by atoms with Gasteiger partial charge in [0.05, 0.1) is 6.54 Å². The van der Waals surface area contributed by atoms with Crippen LogP contribution in [0.1, 0.15) is 26.2 Å². The van der Waals surface area contributed by atoms with Gasteiger partial charge in [-0.2, -0.15) is 0 Å². The summed E-state index contributed by atoms with van der Waals surface area (Å²) in [5.74, 6) is 0.197. The molecule has 16 heavy (non-hydrogen) atoms. The number of carbonyl (C=O) groups excluding carboxylic acids is 1. The largest absolute Gasteiger partial charge is 0.342 e. The first-order valence-corrected chi connectivity index (χ1v) is 7.54. The monoisotopic (exact) mass is 246 g/mol. The molecule has 5 heteroatoms. The molecule has 1 amide bonds. The van der Waals surface area contributed by atoms with E-state index in [4.69, 9.17) is 0 Å². The Labute approximate surface area is 100 Å². The Hall–Kier alpha value is -0.420. The lowest BCUT2D eigenvalue weighted by Crippen LogP contribution is -2.37. The average molecular weight is 246 g/mol. The number of hydrogen-bond acceptors (Lipinski definition) is 3. The van der Waals surface area contributed by atoms with Gasteiger partial charge >= 0.3 is 0 Å². The number of carbonyl (C=O) groups is 1. The summed E-state index contributed by atoms with van der Waals surface area (Å²) in [5.41, 5.74) is 0. The zero-order chi connectivity index (χ0) is 12.0. The first-order chi connectivity index (χ1) is 7.61. The number of likely N-dealkylation sites (tertiary alicyclic amines) is 1. The molecule has 1 N–H and O–H groups in total. The van der Waals surface area contributed by atoms with Crippen LogP contribution in [0.25, 0.3) is 0 Å². The molecule has 0 radical (unpaired) electrons. The van der Waals surface area contributed by atoms with Crippen LogP contribution in [0.5, 0.6) is 0 Å². The fourth-order valence-corrected chi connectivity index (χ4v) is 2.19. The summed E-state index contributed by atoms with van der Waals surface area (Å²) in [6, 6.07) is 0. The SMILES string of the molecule is CC(CCNCC(=O)N1CCCC1)S(C)=O. The highest BCUT2D eigenvalue weighted by atomic mass is 32.2. The van der Waals surface area contributed by atoms with Gasteiger partial charge in [-0.1, -0.05) is 6.92 Å². The van der Waals surface area contributed by atoms with Gasteiger partial charge < -0.3 is 10.2 Å². The second-order valence-corrected chi connectivity index (χ2v) is 6.16. The fourth-order valence-electron chi connectivity index (χ4n) is 1.74. The third-order valence-electron chi connectivity index (χ3n) is 3.03. The molecule has 0 aliphatic carbocycles. The zero-order valence-electron chi connectivity index (χ0n) is 10.2. The Kier molecular flexibility index (Phi) is 5.98. The van der Waals surface area contributed by atoms with E-state index in [9.17, 15) is 9.00 Å². The third kappa shape index (κ3) is 4.61. The van der Waals surface area contributed by atoms with E-state index in [-0.39, 0.29) is 11.2 Å². The minimum Gasteiger partial charge on any atom is -0.342 e. The maximum atomic E-state index is 11.6. The smallest absolute Gasteiger partial charge is 0.236 e. The van der Waals surface area contributed by atoms with Gasteiger partial charge in [-0.25, -0.2) is 0 Å². The molecule has 0 bridgehead atoms. The van der Waals surface area contributed by atoms with Crippen LogP contribution in [0.2, 0.25) is 0 Å². The quantitative estimate of drug-likeness (QED) is 0.688. The molecule has 2 atom stereocenters. The number of amides is 1. The molecule has 1 heterocycles. The lowest BCUT2D eigenvalue weighted by molar-refractivity contribution is -0.129. The maximum absolute atomic E-state index is 11.6. The summed E-state index contributed by atoms with van der Waals surface area (Å²) in [4.78, 5) is 13.5. The van der Waals surface area contributed by atoms with Crippen LogP contribution >= 0.6 is 0 Å². The highest BCUT2D eigenvalue weighted by Crippen LogP contribution is 2.06. The summed E-state index contributed by atoms with van der Waals surface area (Å²) in [5, 5.41) is 3.33. The molecule has 2 unspecified atom stereocenters. The van der Waals surface area contributed by atoms with E-state index in [2.05, 4.69) is 5.32 Å². The molecule has 94 valence electrons. The lowest BCUT2D eigenvalue weighted by atomic mass is 10.3. The number of hydrogen-bond donors (Lipinski definition) is 1. The van der Waals surface area contributed by atoms with Crippen LogP contribution in [0.4, 0.5) is 0 Å². The van der Waals surface area contributed by atoms with Crippen molar-refractivity contribution in [2.45, 2.75) is 31.4 Å². The van der Waals surface area contributed by atoms with Crippen molar-refractivity contribution in [2.75, 3.05) is 32.4 Å². The minimum absolute atomic E-state index is 0.197. The van der Waals surface area contributed by atoms with Crippen LogP contribution in [-0.2, 0) is 15.6 Å². The van der Waals surface area contributed by atoms with Gasteiger partial charge in [0.15, 0.2) is 0 Å². The molecule has 1 fully saturated rings. The van der Waals surface area contributed by atoms with Crippen molar-refractivity contribution in [3.05, 3.63) is 0 Å². The van der Waals surface area contributed by atoms with Gasteiger partial charge in [0.1, 0.15) is 0 Å². The van der Waals surface area contributed by atoms with Gasteiger partial charge in [-0.3, -0.25) is 9.00 Å². The molecule has 0 saturated carbocycles. The number of nitrogens with one attached hydrogen (secondary N) is 1. The fraction of sp³-hybridized carbons (Fsp3) is 0.909. The van der Waals surface area contributed by atoms with Gasteiger partial charge in [-0.15, -0.1) is 0 Å². The van der Waals surface area contributed by atoms with Crippen molar-refractivity contribution < 1.29 is 9.00 Å². The molecular weight excluding hydrogens is 224 g/mol. The normalized spacial score (nSPS) is 19.8. The Bertz CT molecular complexity index is 252. The van der Waals surface area contributed by atoms with Crippen LogP contribution in [-0.4, -0.2) is 52.7 Å². The Morgan fingerprint density at radius 2 is 2.06 bits per heavy atom. The van der Waals surface area contributed by atoms with Gasteiger partial charge in [0.2, 0.25) is 5.91 Å². The summed E-state index contributed by atoms with van der Waals surface area (Å²) >= 11 is 0. The molecule has 1 saturated heterocycles. The van der Waals surface area contributed by atoms with Gasteiger partial charge in [-0.05, 0) is 25.8 Å². The molecule has 0 aromatic heterocycles.